The van der Waals surface area contributed by atoms with Gasteiger partial charge in [0.2, 0.25) is 5.91 Å². The summed E-state index contributed by atoms with van der Waals surface area (Å²) in [5.74, 6) is 0.362. The Balaban J connectivity index is 1.93. The van der Waals surface area contributed by atoms with Crippen LogP contribution in [0, 0.1) is 0 Å². The number of nitrogens with two attached hydrogens (primary N) is 1. The Morgan fingerprint density at radius 1 is 1.19 bits per heavy atom. The second kappa shape index (κ2) is 9.44. The Morgan fingerprint density at radius 3 is 2.71 bits per heavy atom. The van der Waals surface area contributed by atoms with Crippen LogP contribution >= 0.6 is 0 Å². The number of likely N-dealkylation sites (N-methyl/N-ethyl adjacent to an activating group) is 1. The van der Waals surface area contributed by atoms with Gasteiger partial charge in [-0.05, 0) is 45.2 Å². The number of hydrogen-bond donors (Lipinski definition) is 3. The Bertz CT molecular complexity index is 1120. The van der Waals surface area contributed by atoms with Crippen LogP contribution in [-0.4, -0.2) is 35.7 Å². The van der Waals surface area contributed by atoms with Crippen molar-refractivity contribution in [2.24, 2.45) is 5.73 Å². The van der Waals surface area contributed by atoms with Gasteiger partial charge in [-0.1, -0.05) is 24.3 Å². The van der Waals surface area contributed by atoms with Crippen LogP contribution in [0.4, 0.5) is 5.82 Å². The molecule has 31 heavy (non-hydrogen) atoms. The molecule has 8 heteroatoms. The molecule has 0 saturated heterocycles. The summed E-state index contributed by atoms with van der Waals surface area (Å²) in [4.78, 5) is 28.9. The zero-order chi connectivity index (χ0) is 22.4. The minimum Gasteiger partial charge on any atom is -0.492 e. The fourth-order valence-electron chi connectivity index (χ4n) is 3.24. The largest absolute Gasteiger partial charge is 0.492 e. The number of primary amides is 1. The molecule has 0 radical (unpaired) electrons. The molecule has 0 aliphatic heterocycles. The van der Waals surface area contributed by atoms with Crippen molar-refractivity contribution in [3.8, 4) is 11.4 Å². The first-order valence-electron chi connectivity index (χ1n) is 9.96. The SMILES string of the molecule is CNCCOc1ccccc1C(C)(C)Nc1nccn(-c2cccc(C(N)=O)c2)c1=O. The van der Waals surface area contributed by atoms with Crippen LogP contribution < -0.4 is 26.7 Å². The van der Waals surface area contributed by atoms with E-state index in [2.05, 4.69) is 15.6 Å². The lowest BCUT2D eigenvalue weighted by atomic mass is 9.93. The fraction of sp³-hybridized carbons (Fsp3) is 0.261. The highest BCUT2D eigenvalue weighted by atomic mass is 16.5. The number of amides is 1. The zero-order valence-corrected chi connectivity index (χ0v) is 17.9. The van der Waals surface area contributed by atoms with E-state index >= 15 is 0 Å². The molecule has 2 aromatic carbocycles. The van der Waals surface area contributed by atoms with E-state index in [-0.39, 0.29) is 11.4 Å². The molecule has 0 spiro atoms. The molecule has 1 heterocycles. The molecule has 3 rings (SSSR count). The molecule has 1 amide bonds. The number of benzene rings is 2. The number of nitrogens with zero attached hydrogens (tertiary/aromatic N) is 2. The first kappa shape index (κ1) is 22.0. The molecule has 0 aliphatic carbocycles. The van der Waals surface area contributed by atoms with Gasteiger partial charge >= 0.3 is 0 Å². The van der Waals surface area contributed by atoms with Crippen LogP contribution in [0.3, 0.4) is 0 Å². The summed E-state index contributed by atoms with van der Waals surface area (Å²) >= 11 is 0. The van der Waals surface area contributed by atoms with Crippen molar-refractivity contribution >= 4 is 11.7 Å². The molecular formula is C23H27N5O3. The molecule has 3 aromatic rings. The number of para-hydroxylation sites is 1. The minimum atomic E-state index is -0.642. The lowest BCUT2D eigenvalue weighted by Crippen LogP contribution is -2.34. The molecule has 162 valence electrons. The average molecular weight is 422 g/mol. The lowest BCUT2D eigenvalue weighted by molar-refractivity contribution is 0.1000. The number of carbonyl (C=O) groups is 1. The minimum absolute atomic E-state index is 0.182. The van der Waals surface area contributed by atoms with Crippen molar-refractivity contribution in [1.29, 1.82) is 0 Å². The van der Waals surface area contributed by atoms with Gasteiger partial charge in [-0.3, -0.25) is 14.2 Å². The normalized spacial score (nSPS) is 11.2. The highest BCUT2D eigenvalue weighted by Gasteiger charge is 2.26. The second-order valence-electron chi connectivity index (χ2n) is 7.56. The van der Waals surface area contributed by atoms with E-state index in [0.29, 0.717) is 17.9 Å². The van der Waals surface area contributed by atoms with Gasteiger partial charge in [0.1, 0.15) is 12.4 Å². The van der Waals surface area contributed by atoms with Crippen LogP contribution in [0.2, 0.25) is 0 Å². The predicted molar refractivity (Wildman–Crippen MR) is 121 cm³/mol. The summed E-state index contributed by atoms with van der Waals surface area (Å²) in [6.07, 6.45) is 3.08. The molecule has 0 saturated carbocycles. The fourth-order valence-corrected chi connectivity index (χ4v) is 3.24. The van der Waals surface area contributed by atoms with E-state index in [1.54, 1.807) is 30.5 Å². The van der Waals surface area contributed by atoms with Gasteiger partial charge in [0.25, 0.3) is 5.56 Å². The first-order valence-corrected chi connectivity index (χ1v) is 9.96. The topological polar surface area (TPSA) is 111 Å². The summed E-state index contributed by atoms with van der Waals surface area (Å²) in [6.45, 7) is 5.16. The molecule has 0 aliphatic rings. The van der Waals surface area contributed by atoms with Gasteiger partial charge in [0.05, 0.1) is 5.54 Å². The van der Waals surface area contributed by atoms with Crippen molar-refractivity contribution in [2.75, 3.05) is 25.5 Å². The molecule has 1 aromatic heterocycles. The standard InChI is InChI=1S/C23H27N5O3/c1-23(2,18-9-4-5-10-19(18)31-14-12-25-3)27-21-22(30)28(13-11-26-21)17-8-6-7-16(15-17)20(24)29/h4-11,13,15,25H,12,14H2,1-3H3,(H2,24,29)(H,26,27). The number of ether oxygens (including phenoxy) is 1. The average Bonchev–Trinajstić information content (AvgIpc) is 2.75. The van der Waals surface area contributed by atoms with Crippen molar-refractivity contribution in [3.63, 3.8) is 0 Å². The first-order chi connectivity index (χ1) is 14.8. The molecule has 8 nitrogen and oxygen atoms in total. The van der Waals surface area contributed by atoms with E-state index in [9.17, 15) is 9.59 Å². The van der Waals surface area contributed by atoms with E-state index in [4.69, 9.17) is 10.5 Å². The number of nitrogens with one attached hydrogen (secondary N) is 2. The summed E-state index contributed by atoms with van der Waals surface area (Å²) in [7, 11) is 1.87. The molecule has 0 fully saturated rings. The maximum atomic E-state index is 13.1. The van der Waals surface area contributed by atoms with Crippen LogP contribution in [-0.2, 0) is 5.54 Å². The summed E-state index contributed by atoms with van der Waals surface area (Å²) in [5.41, 5.74) is 6.14. The number of carbonyl (C=O) groups excluding carboxylic acids is 1. The Labute approximate surface area is 181 Å². The van der Waals surface area contributed by atoms with Gasteiger partial charge in [0.15, 0.2) is 5.82 Å². The van der Waals surface area contributed by atoms with Gasteiger partial charge < -0.3 is 21.1 Å². The monoisotopic (exact) mass is 421 g/mol. The van der Waals surface area contributed by atoms with Gasteiger partial charge in [-0.2, -0.15) is 0 Å². The summed E-state index contributed by atoms with van der Waals surface area (Å²) in [5, 5.41) is 6.30. The van der Waals surface area contributed by atoms with Gasteiger partial charge in [-0.25, -0.2) is 4.98 Å². The molecule has 0 bridgehead atoms. The lowest BCUT2D eigenvalue weighted by Gasteiger charge is -2.29. The third kappa shape index (κ3) is 5.10. The van der Waals surface area contributed by atoms with Crippen molar-refractivity contribution < 1.29 is 9.53 Å². The van der Waals surface area contributed by atoms with Crippen LogP contribution in [0.5, 0.6) is 5.75 Å². The number of anilines is 1. The van der Waals surface area contributed by atoms with E-state index < -0.39 is 11.4 Å². The summed E-state index contributed by atoms with van der Waals surface area (Å²) < 4.78 is 7.33. The van der Waals surface area contributed by atoms with Gasteiger partial charge in [-0.15, -0.1) is 0 Å². The number of hydrogen-bond acceptors (Lipinski definition) is 6. The zero-order valence-electron chi connectivity index (χ0n) is 17.9. The molecule has 4 N–H and O–H groups in total. The van der Waals surface area contributed by atoms with Crippen LogP contribution in [0.15, 0.2) is 65.7 Å². The quantitative estimate of drug-likeness (QED) is 0.457. The van der Waals surface area contributed by atoms with Crippen molar-refractivity contribution in [2.45, 2.75) is 19.4 Å². The molecule has 0 atom stereocenters. The van der Waals surface area contributed by atoms with Gasteiger partial charge in [0, 0.05) is 35.8 Å². The Kier molecular flexibility index (Phi) is 6.71. The van der Waals surface area contributed by atoms with Crippen molar-refractivity contribution in [1.82, 2.24) is 14.9 Å². The smallest absolute Gasteiger partial charge is 0.297 e. The number of aromatic nitrogens is 2. The predicted octanol–water partition coefficient (Wildman–Crippen LogP) is 2.28. The highest BCUT2D eigenvalue weighted by molar-refractivity contribution is 5.93. The Morgan fingerprint density at radius 2 is 1.97 bits per heavy atom. The maximum absolute atomic E-state index is 13.1. The van der Waals surface area contributed by atoms with E-state index in [0.717, 1.165) is 17.9 Å². The third-order valence-electron chi connectivity index (χ3n) is 4.85. The Hall–Kier alpha value is -3.65. The number of rotatable bonds is 9. The van der Waals surface area contributed by atoms with Crippen molar-refractivity contribution in [3.05, 3.63) is 82.4 Å². The van der Waals surface area contributed by atoms with Crippen LogP contribution in [0.1, 0.15) is 29.8 Å². The molecule has 0 unspecified atom stereocenters. The summed E-state index contributed by atoms with van der Waals surface area (Å²) in [6, 6.07) is 14.3. The second-order valence-corrected chi connectivity index (χ2v) is 7.56. The maximum Gasteiger partial charge on any atom is 0.297 e. The van der Waals surface area contributed by atoms with Crippen LogP contribution in [0.25, 0.3) is 5.69 Å². The van der Waals surface area contributed by atoms with E-state index in [1.165, 1.54) is 10.8 Å². The highest BCUT2D eigenvalue weighted by Crippen LogP contribution is 2.31. The third-order valence-corrected chi connectivity index (χ3v) is 4.85. The van der Waals surface area contributed by atoms with E-state index in [1.807, 2.05) is 45.2 Å². The molecular weight excluding hydrogens is 394 g/mol.